The molecule has 3 heteroatoms. The van der Waals surface area contributed by atoms with Crippen LogP contribution in [0.1, 0.15) is 18.1 Å². The lowest BCUT2D eigenvalue weighted by Gasteiger charge is -2.22. The summed E-state index contributed by atoms with van der Waals surface area (Å²) in [5.41, 5.74) is 0.801. The van der Waals surface area contributed by atoms with Crippen molar-refractivity contribution >= 4 is 0 Å². The molecule has 0 saturated carbocycles. The fourth-order valence-electron chi connectivity index (χ4n) is 2.04. The summed E-state index contributed by atoms with van der Waals surface area (Å²) in [6.07, 6.45) is 0.162. The molecule has 0 bridgehead atoms. The van der Waals surface area contributed by atoms with Gasteiger partial charge in [-0.05, 0) is 30.3 Å². The highest BCUT2D eigenvalue weighted by Crippen LogP contribution is 2.35. The number of ether oxygens (including phenoxy) is 2. The molecule has 0 unspecified atom stereocenters. The summed E-state index contributed by atoms with van der Waals surface area (Å²) >= 11 is 0. The molecule has 0 aromatic heterocycles. The van der Waals surface area contributed by atoms with Gasteiger partial charge in [-0.1, -0.05) is 18.2 Å². The molecule has 2 aromatic rings. The topological polar surface area (TPSA) is 38.7 Å². The van der Waals surface area contributed by atoms with Gasteiger partial charge in [-0.3, -0.25) is 0 Å². The predicted molar refractivity (Wildman–Crippen MR) is 68.0 cm³/mol. The highest BCUT2D eigenvalue weighted by atomic mass is 16.5. The van der Waals surface area contributed by atoms with E-state index in [4.69, 9.17) is 9.47 Å². The van der Waals surface area contributed by atoms with Crippen molar-refractivity contribution in [1.29, 1.82) is 0 Å². The van der Waals surface area contributed by atoms with Crippen molar-refractivity contribution in [3.05, 3.63) is 54.1 Å². The summed E-state index contributed by atoms with van der Waals surface area (Å²) in [4.78, 5) is 0. The van der Waals surface area contributed by atoms with Crippen LogP contribution < -0.4 is 9.47 Å². The summed E-state index contributed by atoms with van der Waals surface area (Å²) in [7, 11) is 0. The molecule has 0 amide bonds. The normalized spacial score (nSPS) is 17.7. The van der Waals surface area contributed by atoms with Gasteiger partial charge >= 0.3 is 0 Å². The largest absolute Gasteiger partial charge is 0.493 e. The Morgan fingerprint density at radius 1 is 1.06 bits per heavy atom. The van der Waals surface area contributed by atoms with Crippen molar-refractivity contribution in [3.8, 4) is 17.2 Å². The minimum Gasteiger partial charge on any atom is -0.493 e. The van der Waals surface area contributed by atoms with E-state index in [9.17, 15) is 5.11 Å². The molecule has 1 atom stereocenters. The Kier molecular flexibility index (Phi) is 2.90. The molecule has 0 aliphatic carbocycles. The first-order valence-corrected chi connectivity index (χ1v) is 6.00. The third-order valence-electron chi connectivity index (χ3n) is 2.97. The molecular weight excluding hydrogens is 228 g/mol. The Morgan fingerprint density at radius 2 is 1.89 bits per heavy atom. The molecule has 0 saturated heterocycles. The molecule has 0 radical (unpaired) electrons. The first-order chi connectivity index (χ1) is 8.83. The second kappa shape index (κ2) is 4.70. The SMILES string of the molecule is O[C@H]1CCOc2ccc(Oc3ccccc3)cc21. The van der Waals surface area contributed by atoms with Crippen molar-refractivity contribution in [1.82, 2.24) is 0 Å². The maximum atomic E-state index is 9.92. The number of para-hydroxylation sites is 1. The van der Waals surface area contributed by atoms with Gasteiger partial charge in [0.05, 0.1) is 12.7 Å². The van der Waals surface area contributed by atoms with Gasteiger partial charge in [-0.15, -0.1) is 0 Å². The number of benzene rings is 2. The zero-order chi connectivity index (χ0) is 12.4. The molecule has 1 N–H and O–H groups in total. The predicted octanol–water partition coefficient (Wildman–Crippen LogP) is 3.29. The number of fused-ring (bicyclic) bond motifs is 1. The van der Waals surface area contributed by atoms with E-state index in [1.54, 1.807) is 0 Å². The molecule has 3 rings (SSSR count). The second-order valence-corrected chi connectivity index (χ2v) is 4.27. The van der Waals surface area contributed by atoms with Gasteiger partial charge in [0.1, 0.15) is 17.2 Å². The first kappa shape index (κ1) is 11.1. The molecule has 92 valence electrons. The van der Waals surface area contributed by atoms with Crippen LogP contribution in [0.3, 0.4) is 0 Å². The van der Waals surface area contributed by atoms with Gasteiger partial charge < -0.3 is 14.6 Å². The maximum Gasteiger partial charge on any atom is 0.128 e. The fourth-order valence-corrected chi connectivity index (χ4v) is 2.04. The number of aliphatic hydroxyl groups excluding tert-OH is 1. The summed E-state index contributed by atoms with van der Waals surface area (Å²) in [5, 5.41) is 9.92. The number of rotatable bonds is 2. The smallest absolute Gasteiger partial charge is 0.128 e. The van der Waals surface area contributed by atoms with E-state index in [0.29, 0.717) is 18.8 Å². The van der Waals surface area contributed by atoms with Crippen LogP contribution in [0.4, 0.5) is 0 Å². The molecule has 3 nitrogen and oxygen atoms in total. The van der Waals surface area contributed by atoms with E-state index in [-0.39, 0.29) is 0 Å². The molecule has 0 spiro atoms. The Labute approximate surface area is 106 Å². The van der Waals surface area contributed by atoms with Crippen molar-refractivity contribution in [2.45, 2.75) is 12.5 Å². The van der Waals surface area contributed by atoms with E-state index in [1.165, 1.54) is 0 Å². The van der Waals surface area contributed by atoms with Crippen LogP contribution in [0, 0.1) is 0 Å². The Balaban J connectivity index is 1.88. The van der Waals surface area contributed by atoms with Crippen LogP contribution in [0.15, 0.2) is 48.5 Å². The van der Waals surface area contributed by atoms with Gasteiger partial charge in [0.15, 0.2) is 0 Å². The first-order valence-electron chi connectivity index (χ1n) is 6.00. The van der Waals surface area contributed by atoms with E-state index >= 15 is 0 Å². The van der Waals surface area contributed by atoms with Crippen LogP contribution >= 0.6 is 0 Å². The van der Waals surface area contributed by atoms with Crippen LogP contribution in [-0.4, -0.2) is 11.7 Å². The van der Waals surface area contributed by atoms with Gasteiger partial charge in [0.2, 0.25) is 0 Å². The summed E-state index contributed by atoms with van der Waals surface area (Å²) in [6, 6.07) is 15.1. The molecule has 1 aliphatic rings. The monoisotopic (exact) mass is 242 g/mol. The minimum atomic E-state index is -0.465. The van der Waals surface area contributed by atoms with Crippen LogP contribution in [0.25, 0.3) is 0 Å². The number of hydrogen-bond donors (Lipinski definition) is 1. The van der Waals surface area contributed by atoms with Crippen molar-refractivity contribution < 1.29 is 14.6 Å². The van der Waals surface area contributed by atoms with Crippen molar-refractivity contribution in [2.75, 3.05) is 6.61 Å². The van der Waals surface area contributed by atoms with Crippen LogP contribution in [0.5, 0.6) is 17.2 Å². The molecule has 1 aliphatic heterocycles. The molecular formula is C15H14O3. The Bertz CT molecular complexity index is 537. The van der Waals surface area contributed by atoms with Crippen molar-refractivity contribution in [3.63, 3.8) is 0 Å². The summed E-state index contributed by atoms with van der Waals surface area (Å²) < 4.78 is 11.2. The molecule has 2 aromatic carbocycles. The van der Waals surface area contributed by atoms with Gasteiger partial charge in [-0.25, -0.2) is 0 Å². The zero-order valence-electron chi connectivity index (χ0n) is 9.87. The standard InChI is InChI=1S/C15H14O3/c16-14-8-9-17-15-7-6-12(10-13(14)15)18-11-4-2-1-3-5-11/h1-7,10,14,16H,8-9H2/t14-/m0/s1. The molecule has 1 heterocycles. The zero-order valence-corrected chi connectivity index (χ0v) is 9.87. The second-order valence-electron chi connectivity index (χ2n) is 4.27. The third kappa shape index (κ3) is 2.17. The lowest BCUT2D eigenvalue weighted by molar-refractivity contribution is 0.115. The van der Waals surface area contributed by atoms with Crippen LogP contribution in [0.2, 0.25) is 0 Å². The average molecular weight is 242 g/mol. The van der Waals surface area contributed by atoms with Crippen LogP contribution in [-0.2, 0) is 0 Å². The third-order valence-corrected chi connectivity index (χ3v) is 2.97. The quantitative estimate of drug-likeness (QED) is 0.878. The number of hydrogen-bond acceptors (Lipinski definition) is 3. The highest BCUT2D eigenvalue weighted by molar-refractivity contribution is 5.44. The maximum absolute atomic E-state index is 9.92. The van der Waals surface area contributed by atoms with E-state index in [2.05, 4.69) is 0 Å². The minimum absolute atomic E-state index is 0.465. The lowest BCUT2D eigenvalue weighted by Crippen LogP contribution is -2.13. The lowest BCUT2D eigenvalue weighted by atomic mass is 10.0. The highest BCUT2D eigenvalue weighted by Gasteiger charge is 2.19. The fraction of sp³-hybridized carbons (Fsp3) is 0.200. The Hall–Kier alpha value is -2.00. The average Bonchev–Trinajstić information content (AvgIpc) is 2.41. The van der Waals surface area contributed by atoms with Crippen molar-refractivity contribution in [2.24, 2.45) is 0 Å². The summed E-state index contributed by atoms with van der Waals surface area (Å²) in [6.45, 7) is 0.563. The molecule has 0 fully saturated rings. The van der Waals surface area contributed by atoms with Gasteiger partial charge in [0, 0.05) is 12.0 Å². The van der Waals surface area contributed by atoms with E-state index < -0.39 is 6.10 Å². The van der Waals surface area contributed by atoms with E-state index in [0.717, 1.165) is 17.1 Å². The summed E-state index contributed by atoms with van der Waals surface area (Å²) in [5.74, 6) is 2.24. The van der Waals surface area contributed by atoms with Gasteiger partial charge in [-0.2, -0.15) is 0 Å². The van der Waals surface area contributed by atoms with Gasteiger partial charge in [0.25, 0.3) is 0 Å². The molecule has 18 heavy (non-hydrogen) atoms. The Morgan fingerprint density at radius 3 is 2.72 bits per heavy atom. The van der Waals surface area contributed by atoms with E-state index in [1.807, 2.05) is 48.5 Å². The number of aliphatic hydroxyl groups is 1.